The average Bonchev–Trinajstić information content (AvgIpc) is 3.04. The molecule has 0 spiro atoms. The first kappa shape index (κ1) is 18.4. The van der Waals surface area contributed by atoms with Crippen molar-refractivity contribution in [3.8, 4) is 17.6 Å². The minimum Gasteiger partial charge on any atom is -0.487 e. The molecule has 2 aromatic heterocycles. The van der Waals surface area contributed by atoms with E-state index >= 15 is 0 Å². The minimum absolute atomic E-state index is 0.240. The van der Waals surface area contributed by atoms with Gasteiger partial charge in [0.2, 0.25) is 5.91 Å². The molecule has 2 aromatic rings. The Balaban J connectivity index is 1.68. The molecule has 0 N–H and O–H groups in total. The summed E-state index contributed by atoms with van der Waals surface area (Å²) < 4.78 is 32.8. The van der Waals surface area contributed by atoms with Gasteiger partial charge in [-0.2, -0.15) is 0 Å². The van der Waals surface area contributed by atoms with E-state index < -0.39 is 17.7 Å². The number of aromatic nitrogens is 2. The van der Waals surface area contributed by atoms with Gasteiger partial charge in [-0.05, 0) is 26.0 Å². The van der Waals surface area contributed by atoms with E-state index in [4.69, 9.17) is 4.74 Å². The van der Waals surface area contributed by atoms with Crippen LogP contribution in [0.1, 0.15) is 43.0 Å². The molecule has 2 aliphatic rings. The van der Waals surface area contributed by atoms with E-state index in [0.717, 1.165) is 5.56 Å². The summed E-state index contributed by atoms with van der Waals surface area (Å²) in [6, 6.07) is 3.32. The molecular formula is C21H19F2N3O2. The lowest BCUT2D eigenvalue weighted by atomic mass is 9.91. The number of halogens is 2. The summed E-state index contributed by atoms with van der Waals surface area (Å²) in [4.78, 5) is 22.6. The van der Waals surface area contributed by atoms with Gasteiger partial charge < -0.3 is 9.64 Å². The van der Waals surface area contributed by atoms with E-state index in [-0.39, 0.29) is 18.7 Å². The maximum absolute atomic E-state index is 13.4. The summed E-state index contributed by atoms with van der Waals surface area (Å²) in [6.07, 6.45) is 4.16. The highest BCUT2D eigenvalue weighted by Gasteiger charge is 2.49. The molecule has 1 saturated heterocycles. The van der Waals surface area contributed by atoms with E-state index in [2.05, 4.69) is 21.8 Å². The number of likely N-dealkylation sites (tertiary alicyclic amines) is 1. The third-order valence-electron chi connectivity index (χ3n) is 5.19. The largest absolute Gasteiger partial charge is 0.487 e. The maximum Gasteiger partial charge on any atom is 0.252 e. The second-order valence-corrected chi connectivity index (χ2v) is 7.57. The Morgan fingerprint density at radius 2 is 2.11 bits per heavy atom. The van der Waals surface area contributed by atoms with Gasteiger partial charge in [-0.3, -0.25) is 14.8 Å². The van der Waals surface area contributed by atoms with Crippen LogP contribution in [0.2, 0.25) is 0 Å². The SMILES string of the molecule is CC(C)(C(=O)N1C[C@@H]2C[C@H]1c1cncc(C#Cc3cccnc3)c1O2)C(F)F. The van der Waals surface area contributed by atoms with Gasteiger partial charge in [-0.15, -0.1) is 0 Å². The molecular weight excluding hydrogens is 364 g/mol. The lowest BCUT2D eigenvalue weighted by molar-refractivity contribution is -0.149. The molecule has 1 fully saturated rings. The first-order chi connectivity index (χ1) is 13.4. The molecule has 2 aliphatic heterocycles. The van der Waals surface area contributed by atoms with Crippen LogP contribution in [0.25, 0.3) is 0 Å². The van der Waals surface area contributed by atoms with Crippen LogP contribution in [0.4, 0.5) is 8.78 Å². The smallest absolute Gasteiger partial charge is 0.252 e. The van der Waals surface area contributed by atoms with E-state index in [1.165, 1.54) is 18.7 Å². The van der Waals surface area contributed by atoms with E-state index in [0.29, 0.717) is 23.3 Å². The fourth-order valence-electron chi connectivity index (χ4n) is 3.53. The zero-order valence-electron chi connectivity index (χ0n) is 15.5. The van der Waals surface area contributed by atoms with Crippen LogP contribution in [0, 0.1) is 17.3 Å². The normalized spacial score (nSPS) is 20.2. The molecule has 0 aliphatic carbocycles. The standard InChI is InChI=1S/C21H19F2N3O2/c1-21(2,19(22)23)20(27)26-12-15-8-17(26)16-11-25-10-14(18(16)28-15)6-5-13-4-3-7-24-9-13/h3-4,7,9-11,15,17,19H,8,12H2,1-2H3/t15-,17-/m0/s1. The molecule has 0 saturated carbocycles. The Hall–Kier alpha value is -3.01. The molecule has 4 heterocycles. The van der Waals surface area contributed by atoms with Crippen LogP contribution >= 0.6 is 0 Å². The number of hydrogen-bond donors (Lipinski definition) is 0. The number of amides is 1. The van der Waals surface area contributed by atoms with Crippen molar-refractivity contribution in [2.45, 2.75) is 38.8 Å². The molecule has 5 nitrogen and oxygen atoms in total. The van der Waals surface area contributed by atoms with Gasteiger partial charge in [0.05, 0.1) is 18.2 Å². The first-order valence-electron chi connectivity index (χ1n) is 9.03. The van der Waals surface area contributed by atoms with E-state index in [1.807, 2.05) is 6.07 Å². The second-order valence-electron chi connectivity index (χ2n) is 7.57. The Labute approximate surface area is 161 Å². The van der Waals surface area contributed by atoms with Crippen molar-refractivity contribution in [1.29, 1.82) is 0 Å². The van der Waals surface area contributed by atoms with Crippen molar-refractivity contribution in [3.63, 3.8) is 0 Å². The lowest BCUT2D eigenvalue weighted by Gasteiger charge is -2.32. The summed E-state index contributed by atoms with van der Waals surface area (Å²) in [5.74, 6) is 6.08. The van der Waals surface area contributed by atoms with Crippen molar-refractivity contribution in [3.05, 3.63) is 53.6 Å². The monoisotopic (exact) mass is 383 g/mol. The van der Waals surface area contributed by atoms with Crippen molar-refractivity contribution >= 4 is 5.91 Å². The number of pyridine rings is 2. The Bertz CT molecular complexity index is 967. The lowest BCUT2D eigenvalue weighted by Crippen LogP contribution is -2.44. The van der Waals surface area contributed by atoms with Gasteiger partial charge in [0.1, 0.15) is 17.3 Å². The molecule has 2 bridgehead atoms. The highest BCUT2D eigenvalue weighted by Crippen LogP contribution is 2.46. The number of carbonyl (C=O) groups is 1. The van der Waals surface area contributed by atoms with Crippen molar-refractivity contribution < 1.29 is 18.3 Å². The number of nitrogens with zero attached hydrogens (tertiary/aromatic N) is 3. The second kappa shape index (κ2) is 6.86. The van der Waals surface area contributed by atoms with Crippen molar-refractivity contribution in [2.24, 2.45) is 5.41 Å². The van der Waals surface area contributed by atoms with Crippen LogP contribution in [-0.2, 0) is 4.79 Å². The van der Waals surface area contributed by atoms with Crippen LogP contribution in [0.15, 0.2) is 36.9 Å². The number of ether oxygens (including phenoxy) is 1. The molecule has 1 amide bonds. The van der Waals surface area contributed by atoms with Gasteiger partial charge in [-0.25, -0.2) is 8.78 Å². The van der Waals surface area contributed by atoms with Gasteiger partial charge in [0.15, 0.2) is 0 Å². The van der Waals surface area contributed by atoms with Gasteiger partial charge >= 0.3 is 0 Å². The Morgan fingerprint density at radius 1 is 1.29 bits per heavy atom. The molecule has 0 aromatic carbocycles. The predicted octanol–water partition coefficient (Wildman–Crippen LogP) is 3.20. The first-order valence-corrected chi connectivity index (χ1v) is 9.03. The van der Waals surface area contributed by atoms with Crippen LogP contribution < -0.4 is 4.74 Å². The summed E-state index contributed by atoms with van der Waals surface area (Å²) in [5, 5.41) is 0. The van der Waals surface area contributed by atoms with Gasteiger partial charge in [-0.1, -0.05) is 11.8 Å². The van der Waals surface area contributed by atoms with Gasteiger partial charge in [0, 0.05) is 42.3 Å². The molecule has 4 rings (SSSR count). The summed E-state index contributed by atoms with van der Waals surface area (Å²) in [6.45, 7) is 2.83. The Morgan fingerprint density at radius 3 is 2.82 bits per heavy atom. The van der Waals surface area contributed by atoms with Crippen LogP contribution in [0.5, 0.6) is 5.75 Å². The van der Waals surface area contributed by atoms with E-state index in [9.17, 15) is 13.6 Å². The third kappa shape index (κ3) is 3.09. The minimum atomic E-state index is -2.74. The number of hydrogen-bond acceptors (Lipinski definition) is 4. The zero-order chi connectivity index (χ0) is 19.9. The summed E-state index contributed by atoms with van der Waals surface area (Å²) >= 11 is 0. The fraction of sp³-hybridized carbons (Fsp3) is 0.381. The molecule has 0 unspecified atom stereocenters. The highest BCUT2D eigenvalue weighted by atomic mass is 19.3. The third-order valence-corrected chi connectivity index (χ3v) is 5.19. The van der Waals surface area contributed by atoms with Crippen molar-refractivity contribution in [2.75, 3.05) is 6.54 Å². The Kier molecular flexibility index (Phi) is 4.50. The number of fused-ring (bicyclic) bond motifs is 4. The number of rotatable bonds is 2. The maximum atomic E-state index is 13.4. The topological polar surface area (TPSA) is 55.3 Å². The molecule has 2 atom stereocenters. The van der Waals surface area contributed by atoms with Crippen molar-refractivity contribution in [1.82, 2.24) is 14.9 Å². The average molecular weight is 383 g/mol. The zero-order valence-corrected chi connectivity index (χ0v) is 15.5. The van der Waals surface area contributed by atoms with Crippen LogP contribution in [-0.4, -0.2) is 39.8 Å². The number of carbonyl (C=O) groups excluding carboxylic acids is 1. The molecule has 7 heteroatoms. The quantitative estimate of drug-likeness (QED) is 0.748. The van der Waals surface area contributed by atoms with Crippen LogP contribution in [0.3, 0.4) is 0 Å². The summed E-state index contributed by atoms with van der Waals surface area (Å²) in [7, 11) is 0. The predicted molar refractivity (Wildman–Crippen MR) is 97.7 cm³/mol. The molecule has 28 heavy (non-hydrogen) atoms. The molecule has 144 valence electrons. The fourth-order valence-corrected chi connectivity index (χ4v) is 3.53. The number of alkyl halides is 2. The summed E-state index contributed by atoms with van der Waals surface area (Å²) in [5.41, 5.74) is 0.334. The van der Waals surface area contributed by atoms with Gasteiger partial charge in [0.25, 0.3) is 6.43 Å². The highest BCUT2D eigenvalue weighted by molar-refractivity contribution is 5.83. The van der Waals surface area contributed by atoms with E-state index in [1.54, 1.807) is 30.9 Å². The molecule has 0 radical (unpaired) electrons.